The molecule has 0 unspecified atom stereocenters. The summed E-state index contributed by atoms with van der Waals surface area (Å²) in [7, 11) is -3.57. The summed E-state index contributed by atoms with van der Waals surface area (Å²) in [5, 5.41) is 3.09. The first-order valence-electron chi connectivity index (χ1n) is 8.93. The van der Waals surface area contributed by atoms with Crippen LogP contribution in [0.25, 0.3) is 0 Å². The van der Waals surface area contributed by atoms with Gasteiger partial charge in [-0.15, -0.1) is 11.3 Å². The van der Waals surface area contributed by atoms with Gasteiger partial charge in [-0.3, -0.25) is 4.79 Å². The third-order valence-corrected chi connectivity index (χ3v) is 8.61. The Morgan fingerprint density at radius 2 is 1.96 bits per heavy atom. The van der Waals surface area contributed by atoms with Crippen molar-refractivity contribution in [1.29, 1.82) is 0 Å². The Labute approximate surface area is 148 Å². The lowest BCUT2D eigenvalue weighted by atomic mass is 9.95. The lowest BCUT2D eigenvalue weighted by Crippen LogP contribution is -2.49. The van der Waals surface area contributed by atoms with E-state index in [2.05, 4.69) is 5.32 Å². The maximum Gasteiger partial charge on any atom is 0.253 e. The van der Waals surface area contributed by atoms with E-state index < -0.39 is 16.1 Å². The fourth-order valence-corrected chi connectivity index (χ4v) is 6.72. The average Bonchev–Trinajstić information content (AvgIpc) is 3.25. The van der Waals surface area contributed by atoms with E-state index in [9.17, 15) is 13.2 Å². The fraction of sp³-hybridized carbons (Fsp3) is 0.706. The highest BCUT2D eigenvalue weighted by atomic mass is 32.2. The summed E-state index contributed by atoms with van der Waals surface area (Å²) in [6, 6.07) is 3.20. The van der Waals surface area contributed by atoms with Crippen LogP contribution in [-0.2, 0) is 21.2 Å². The number of nitrogens with zero attached hydrogens (tertiary/aromatic N) is 1. The van der Waals surface area contributed by atoms with Crippen LogP contribution in [-0.4, -0.2) is 37.3 Å². The van der Waals surface area contributed by atoms with Crippen molar-refractivity contribution in [3.8, 4) is 0 Å². The first-order chi connectivity index (χ1) is 11.5. The minimum absolute atomic E-state index is 0.116. The number of rotatable bonds is 5. The number of hydrogen-bond donors (Lipinski definition) is 1. The largest absolute Gasteiger partial charge is 0.352 e. The van der Waals surface area contributed by atoms with E-state index in [0.717, 1.165) is 43.4 Å². The van der Waals surface area contributed by atoms with Crippen molar-refractivity contribution in [2.75, 3.05) is 6.54 Å². The minimum Gasteiger partial charge on any atom is -0.352 e. The van der Waals surface area contributed by atoms with E-state index in [1.807, 2.05) is 13.0 Å². The van der Waals surface area contributed by atoms with Gasteiger partial charge in [-0.1, -0.05) is 26.2 Å². The number of amides is 1. The van der Waals surface area contributed by atoms with Crippen LogP contribution in [0.15, 0.2) is 16.3 Å². The number of aryl methyl sites for hydroxylation is 1. The molecule has 1 aromatic heterocycles. The maximum absolute atomic E-state index is 12.9. The second kappa shape index (κ2) is 7.54. The van der Waals surface area contributed by atoms with Crippen molar-refractivity contribution in [3.63, 3.8) is 0 Å². The first-order valence-corrected chi connectivity index (χ1v) is 11.2. The van der Waals surface area contributed by atoms with Crippen molar-refractivity contribution >= 4 is 27.3 Å². The van der Waals surface area contributed by atoms with Gasteiger partial charge in [0.05, 0.1) is 0 Å². The number of thiophene rings is 1. The third kappa shape index (κ3) is 3.68. The molecule has 1 saturated carbocycles. The molecule has 0 radical (unpaired) electrons. The van der Waals surface area contributed by atoms with E-state index in [0.29, 0.717) is 17.2 Å². The number of carbonyl (C=O) groups is 1. The standard InChI is InChI=1S/C17H26N2O3S2/c1-2-14-10-11-16(23-14)24(21,22)19-12-6-9-15(19)17(20)18-13-7-4-3-5-8-13/h10-11,13,15H,2-9,12H2,1H3,(H,18,20)/t15-/m0/s1. The second-order valence-electron chi connectivity index (χ2n) is 6.69. The summed E-state index contributed by atoms with van der Waals surface area (Å²) >= 11 is 1.31. The first kappa shape index (κ1) is 17.9. The predicted octanol–water partition coefficient (Wildman–Crippen LogP) is 2.91. The lowest BCUT2D eigenvalue weighted by molar-refractivity contribution is -0.125. The van der Waals surface area contributed by atoms with E-state index in [1.54, 1.807) is 6.07 Å². The summed E-state index contributed by atoms with van der Waals surface area (Å²) in [4.78, 5) is 13.7. The van der Waals surface area contributed by atoms with Crippen LogP contribution in [0, 0.1) is 0 Å². The van der Waals surface area contributed by atoms with Crippen molar-refractivity contribution in [2.24, 2.45) is 0 Å². The Morgan fingerprint density at radius 3 is 2.62 bits per heavy atom. The van der Waals surface area contributed by atoms with Crippen LogP contribution < -0.4 is 5.32 Å². The predicted molar refractivity (Wildman–Crippen MR) is 95.6 cm³/mol. The Hall–Kier alpha value is -0.920. The van der Waals surface area contributed by atoms with Crippen LogP contribution in [0.3, 0.4) is 0 Å². The number of hydrogen-bond acceptors (Lipinski definition) is 4. The Kier molecular flexibility index (Phi) is 5.62. The van der Waals surface area contributed by atoms with Crippen molar-refractivity contribution in [3.05, 3.63) is 17.0 Å². The van der Waals surface area contributed by atoms with Crippen LogP contribution in [0.5, 0.6) is 0 Å². The van der Waals surface area contributed by atoms with Gasteiger partial charge in [-0.05, 0) is 44.2 Å². The monoisotopic (exact) mass is 370 g/mol. The molecular weight excluding hydrogens is 344 g/mol. The number of nitrogens with one attached hydrogen (secondary N) is 1. The molecule has 0 spiro atoms. The Bertz CT molecular complexity index is 678. The molecule has 1 atom stereocenters. The normalized spacial score (nSPS) is 23.5. The van der Waals surface area contributed by atoms with E-state index in [-0.39, 0.29) is 11.9 Å². The molecule has 134 valence electrons. The van der Waals surface area contributed by atoms with Gasteiger partial charge in [0.25, 0.3) is 10.0 Å². The second-order valence-corrected chi connectivity index (χ2v) is 9.98. The highest BCUT2D eigenvalue weighted by Gasteiger charge is 2.40. The molecule has 7 heteroatoms. The van der Waals surface area contributed by atoms with Gasteiger partial charge in [-0.25, -0.2) is 8.42 Å². The average molecular weight is 371 g/mol. The third-order valence-electron chi connectivity index (χ3n) is 5.01. The van der Waals surface area contributed by atoms with Gasteiger partial charge in [-0.2, -0.15) is 4.31 Å². The van der Waals surface area contributed by atoms with Gasteiger partial charge < -0.3 is 5.32 Å². The maximum atomic E-state index is 12.9. The molecule has 0 aromatic carbocycles. The zero-order valence-electron chi connectivity index (χ0n) is 14.2. The summed E-state index contributed by atoms with van der Waals surface area (Å²) < 4.78 is 27.6. The van der Waals surface area contributed by atoms with Crippen molar-refractivity contribution < 1.29 is 13.2 Å². The highest BCUT2D eigenvalue weighted by Crippen LogP contribution is 2.31. The fourth-order valence-electron chi connectivity index (χ4n) is 3.64. The summed E-state index contributed by atoms with van der Waals surface area (Å²) in [5.41, 5.74) is 0. The molecule has 3 rings (SSSR count). The minimum atomic E-state index is -3.57. The summed E-state index contributed by atoms with van der Waals surface area (Å²) in [5.74, 6) is -0.116. The molecule has 1 N–H and O–H groups in total. The molecule has 1 aliphatic carbocycles. The van der Waals surface area contributed by atoms with E-state index in [4.69, 9.17) is 0 Å². The topological polar surface area (TPSA) is 66.5 Å². The Balaban J connectivity index is 1.73. The SMILES string of the molecule is CCc1ccc(S(=O)(=O)N2CCC[C@H]2C(=O)NC2CCCCC2)s1. The molecule has 1 aromatic rings. The van der Waals surface area contributed by atoms with E-state index in [1.165, 1.54) is 22.1 Å². The van der Waals surface area contributed by atoms with Gasteiger partial charge in [0.15, 0.2) is 0 Å². The summed E-state index contributed by atoms with van der Waals surface area (Å²) in [6.07, 6.45) is 7.73. The van der Waals surface area contributed by atoms with Crippen LogP contribution >= 0.6 is 11.3 Å². The van der Waals surface area contributed by atoms with Crippen LogP contribution in [0.1, 0.15) is 56.7 Å². The van der Waals surface area contributed by atoms with Crippen LogP contribution in [0.4, 0.5) is 0 Å². The molecular formula is C17H26N2O3S2. The van der Waals surface area contributed by atoms with E-state index >= 15 is 0 Å². The van der Waals surface area contributed by atoms with Crippen LogP contribution in [0.2, 0.25) is 0 Å². The molecule has 0 bridgehead atoms. The molecule has 1 amide bonds. The van der Waals surface area contributed by atoms with Gasteiger partial charge in [0.1, 0.15) is 10.3 Å². The Morgan fingerprint density at radius 1 is 1.21 bits per heavy atom. The molecule has 1 aliphatic heterocycles. The summed E-state index contributed by atoms with van der Waals surface area (Å²) in [6.45, 7) is 2.45. The van der Waals surface area contributed by atoms with Crippen molar-refractivity contribution in [2.45, 2.75) is 74.6 Å². The molecule has 2 fully saturated rings. The smallest absolute Gasteiger partial charge is 0.253 e. The van der Waals surface area contributed by atoms with Gasteiger partial charge in [0, 0.05) is 17.5 Å². The van der Waals surface area contributed by atoms with Crippen molar-refractivity contribution in [1.82, 2.24) is 9.62 Å². The molecule has 24 heavy (non-hydrogen) atoms. The molecule has 2 heterocycles. The number of sulfonamides is 1. The zero-order chi connectivity index (χ0) is 17.2. The lowest BCUT2D eigenvalue weighted by Gasteiger charge is -2.27. The highest BCUT2D eigenvalue weighted by molar-refractivity contribution is 7.91. The molecule has 1 saturated heterocycles. The van der Waals surface area contributed by atoms with Gasteiger partial charge >= 0.3 is 0 Å². The molecule has 5 nitrogen and oxygen atoms in total. The molecule has 2 aliphatic rings. The zero-order valence-corrected chi connectivity index (χ0v) is 15.8. The van der Waals surface area contributed by atoms with Gasteiger partial charge in [0.2, 0.25) is 5.91 Å². The quantitative estimate of drug-likeness (QED) is 0.867. The number of carbonyl (C=O) groups excluding carboxylic acids is 1.